The van der Waals surface area contributed by atoms with Crippen molar-refractivity contribution in [1.82, 2.24) is 14.9 Å². The van der Waals surface area contributed by atoms with Gasteiger partial charge in [-0.15, -0.1) is 0 Å². The zero-order valence-electron chi connectivity index (χ0n) is 11.7. The van der Waals surface area contributed by atoms with Crippen LogP contribution in [-0.2, 0) is 9.59 Å². The van der Waals surface area contributed by atoms with E-state index in [9.17, 15) is 9.59 Å². The minimum Gasteiger partial charge on any atom is -0.337 e. The van der Waals surface area contributed by atoms with Crippen molar-refractivity contribution in [1.29, 1.82) is 0 Å². The van der Waals surface area contributed by atoms with Gasteiger partial charge in [0.05, 0.1) is 10.4 Å². The molecule has 1 aliphatic heterocycles. The van der Waals surface area contributed by atoms with Crippen LogP contribution < -0.4 is 5.32 Å². The van der Waals surface area contributed by atoms with Crippen LogP contribution in [-0.4, -0.2) is 38.8 Å². The number of hydrogen-bond donors (Lipinski definition) is 1. The Hall–Kier alpha value is -1.50. The molecule has 1 fully saturated rings. The summed E-state index contributed by atoms with van der Waals surface area (Å²) in [6.07, 6.45) is 3.35. The van der Waals surface area contributed by atoms with E-state index in [1.165, 1.54) is 0 Å². The van der Waals surface area contributed by atoms with Crippen LogP contribution in [0.2, 0.25) is 0 Å². The molecule has 1 saturated heterocycles. The third kappa shape index (κ3) is 3.33. The van der Waals surface area contributed by atoms with Crippen LogP contribution in [0.15, 0.2) is 16.9 Å². The van der Waals surface area contributed by atoms with Gasteiger partial charge in [-0.1, -0.05) is 0 Å². The first-order valence-corrected chi connectivity index (χ1v) is 7.15. The summed E-state index contributed by atoms with van der Waals surface area (Å²) in [6, 6.07) is 0. The van der Waals surface area contributed by atoms with E-state index in [0.29, 0.717) is 6.54 Å². The van der Waals surface area contributed by atoms with E-state index in [2.05, 4.69) is 31.2 Å². The maximum absolute atomic E-state index is 12.1. The number of aromatic nitrogens is 2. The fourth-order valence-electron chi connectivity index (χ4n) is 2.12. The Kier molecular flexibility index (Phi) is 4.08. The summed E-state index contributed by atoms with van der Waals surface area (Å²) in [5, 5.41) is 2.64. The Bertz CT molecular complexity index is 524. The number of halogens is 1. The Balaban J connectivity index is 2.01. The van der Waals surface area contributed by atoms with Crippen LogP contribution in [0.25, 0.3) is 0 Å². The van der Waals surface area contributed by atoms with Gasteiger partial charge in [-0.05, 0) is 36.7 Å². The number of carbonyl (C=O) groups excluding carboxylic acids is 2. The lowest BCUT2D eigenvalue weighted by molar-refractivity contribution is -0.131. The normalized spacial score (nSPS) is 19.3. The molecule has 2 heterocycles. The van der Waals surface area contributed by atoms with E-state index in [-0.39, 0.29) is 35.6 Å². The number of nitrogens with zero attached hydrogens (tertiary/aromatic N) is 3. The highest BCUT2D eigenvalue weighted by atomic mass is 79.9. The third-order valence-electron chi connectivity index (χ3n) is 3.16. The zero-order valence-corrected chi connectivity index (χ0v) is 13.3. The van der Waals surface area contributed by atoms with Crippen molar-refractivity contribution < 1.29 is 9.59 Å². The summed E-state index contributed by atoms with van der Waals surface area (Å²) in [4.78, 5) is 33.8. The van der Waals surface area contributed by atoms with Gasteiger partial charge >= 0.3 is 0 Å². The molecular formula is C13H17BrN4O2. The third-order valence-corrected chi connectivity index (χ3v) is 3.57. The number of amides is 2. The molecule has 1 atom stereocenters. The summed E-state index contributed by atoms with van der Waals surface area (Å²) in [7, 11) is 0. The van der Waals surface area contributed by atoms with Crippen LogP contribution >= 0.6 is 15.9 Å². The molecule has 20 heavy (non-hydrogen) atoms. The van der Waals surface area contributed by atoms with E-state index in [0.717, 1.165) is 4.47 Å². The molecule has 1 N–H and O–H groups in total. The van der Waals surface area contributed by atoms with Crippen molar-refractivity contribution in [3.8, 4) is 0 Å². The number of anilines is 1. The van der Waals surface area contributed by atoms with Crippen LogP contribution in [0.3, 0.4) is 0 Å². The molecule has 7 heteroatoms. The molecule has 0 bridgehead atoms. The molecule has 1 aromatic heterocycles. The van der Waals surface area contributed by atoms with Crippen molar-refractivity contribution in [2.24, 2.45) is 5.92 Å². The van der Waals surface area contributed by atoms with Gasteiger partial charge < -0.3 is 4.90 Å². The monoisotopic (exact) mass is 340 g/mol. The second kappa shape index (κ2) is 5.47. The van der Waals surface area contributed by atoms with Crippen molar-refractivity contribution in [2.45, 2.75) is 32.7 Å². The molecule has 1 aliphatic rings. The molecule has 0 radical (unpaired) electrons. The highest BCUT2D eigenvalue weighted by Gasteiger charge is 2.39. The van der Waals surface area contributed by atoms with Crippen LogP contribution in [0.4, 0.5) is 5.95 Å². The summed E-state index contributed by atoms with van der Waals surface area (Å²) in [6.45, 7) is 6.32. The molecule has 2 amide bonds. The second-order valence-corrected chi connectivity index (χ2v) is 6.71. The highest BCUT2D eigenvalue weighted by molar-refractivity contribution is 9.10. The van der Waals surface area contributed by atoms with Gasteiger partial charge in [0.15, 0.2) is 0 Å². The summed E-state index contributed by atoms with van der Waals surface area (Å²) < 4.78 is 0.741. The van der Waals surface area contributed by atoms with Gasteiger partial charge in [-0.25, -0.2) is 9.97 Å². The Morgan fingerprint density at radius 2 is 2.00 bits per heavy atom. The quantitative estimate of drug-likeness (QED) is 0.890. The lowest BCUT2D eigenvalue weighted by Crippen LogP contribution is -2.42. The maximum Gasteiger partial charge on any atom is 0.232 e. The molecule has 108 valence electrons. The molecule has 1 unspecified atom stereocenters. The van der Waals surface area contributed by atoms with Crippen molar-refractivity contribution in [2.75, 3.05) is 11.9 Å². The van der Waals surface area contributed by atoms with Crippen molar-refractivity contribution in [3.05, 3.63) is 16.9 Å². The SMILES string of the molecule is CC(C)(C)N1CC(C(=O)Nc2ncc(Br)cn2)CC1=O. The molecule has 1 aromatic rings. The van der Waals surface area contributed by atoms with Gasteiger partial charge in [0.2, 0.25) is 17.8 Å². The summed E-state index contributed by atoms with van der Waals surface area (Å²) >= 11 is 3.23. The minimum atomic E-state index is -0.353. The first-order chi connectivity index (χ1) is 9.27. The molecule has 0 aromatic carbocycles. The molecule has 0 aliphatic carbocycles. The topological polar surface area (TPSA) is 75.2 Å². The van der Waals surface area contributed by atoms with Gasteiger partial charge in [0.1, 0.15) is 0 Å². The Morgan fingerprint density at radius 3 is 2.50 bits per heavy atom. The van der Waals surface area contributed by atoms with Gasteiger partial charge in [0.25, 0.3) is 0 Å². The van der Waals surface area contributed by atoms with Gasteiger partial charge in [-0.3, -0.25) is 14.9 Å². The van der Waals surface area contributed by atoms with Gasteiger partial charge in [-0.2, -0.15) is 0 Å². The van der Waals surface area contributed by atoms with E-state index >= 15 is 0 Å². The first-order valence-electron chi connectivity index (χ1n) is 6.36. The lowest BCUT2D eigenvalue weighted by atomic mass is 10.1. The predicted molar refractivity (Wildman–Crippen MR) is 77.9 cm³/mol. The molecule has 2 rings (SSSR count). The van der Waals surface area contributed by atoms with E-state index in [4.69, 9.17) is 0 Å². The fraction of sp³-hybridized carbons (Fsp3) is 0.538. The Morgan fingerprint density at radius 1 is 1.40 bits per heavy atom. The van der Waals surface area contributed by atoms with Crippen molar-refractivity contribution >= 4 is 33.7 Å². The maximum atomic E-state index is 12.1. The Labute approximate surface area is 126 Å². The smallest absolute Gasteiger partial charge is 0.232 e. The first kappa shape index (κ1) is 14.9. The largest absolute Gasteiger partial charge is 0.337 e. The standard InChI is InChI=1S/C13H17BrN4O2/c1-13(2,3)18-7-8(4-10(18)19)11(20)17-12-15-5-9(14)6-16-12/h5-6,8H,4,7H2,1-3H3,(H,15,16,17,20). The van der Waals surface area contributed by atoms with Crippen LogP contribution in [0, 0.1) is 5.92 Å². The second-order valence-electron chi connectivity index (χ2n) is 5.79. The van der Waals surface area contributed by atoms with E-state index in [1.54, 1.807) is 17.3 Å². The zero-order chi connectivity index (χ0) is 14.9. The number of rotatable bonds is 2. The van der Waals surface area contributed by atoms with Crippen LogP contribution in [0.5, 0.6) is 0 Å². The summed E-state index contributed by atoms with van der Waals surface area (Å²) in [5.41, 5.74) is -0.264. The number of nitrogens with one attached hydrogen (secondary N) is 1. The molecule has 0 saturated carbocycles. The average Bonchev–Trinajstić information content (AvgIpc) is 2.74. The van der Waals surface area contributed by atoms with Crippen molar-refractivity contribution in [3.63, 3.8) is 0 Å². The minimum absolute atomic E-state index is 0.00868. The molecule has 6 nitrogen and oxygen atoms in total. The number of carbonyl (C=O) groups is 2. The summed E-state index contributed by atoms with van der Waals surface area (Å²) in [5.74, 6) is -0.310. The lowest BCUT2D eigenvalue weighted by Gasteiger charge is -2.31. The van der Waals surface area contributed by atoms with E-state index in [1.807, 2.05) is 20.8 Å². The molecule has 0 spiro atoms. The van der Waals surface area contributed by atoms with Crippen LogP contribution in [0.1, 0.15) is 27.2 Å². The van der Waals surface area contributed by atoms with E-state index < -0.39 is 0 Å². The predicted octanol–water partition coefficient (Wildman–Crippen LogP) is 1.82. The molecular weight excluding hydrogens is 324 g/mol. The fourth-order valence-corrected chi connectivity index (χ4v) is 2.33. The average molecular weight is 341 g/mol. The number of hydrogen-bond acceptors (Lipinski definition) is 4. The highest BCUT2D eigenvalue weighted by Crippen LogP contribution is 2.26. The van der Waals surface area contributed by atoms with Gasteiger partial charge in [0, 0.05) is 30.9 Å². The number of likely N-dealkylation sites (tertiary alicyclic amines) is 1.